The summed E-state index contributed by atoms with van der Waals surface area (Å²) in [6, 6.07) is 0. The van der Waals surface area contributed by atoms with E-state index in [0.29, 0.717) is 6.54 Å². The molecule has 8 nitrogen and oxygen atoms in total. The third-order valence-corrected chi connectivity index (χ3v) is 3.98. The van der Waals surface area contributed by atoms with Crippen molar-refractivity contribution in [3.63, 3.8) is 0 Å². The highest BCUT2D eigenvalue weighted by atomic mass is 127. The minimum Gasteiger partial charge on any atom is -0.336 e. The van der Waals surface area contributed by atoms with Crippen LogP contribution in [0.5, 0.6) is 0 Å². The van der Waals surface area contributed by atoms with Crippen LogP contribution in [-0.2, 0) is 14.4 Å². The van der Waals surface area contributed by atoms with Gasteiger partial charge in [0.05, 0.1) is 6.17 Å². The van der Waals surface area contributed by atoms with Gasteiger partial charge in [0.15, 0.2) is 4.05 Å². The van der Waals surface area contributed by atoms with Crippen LogP contribution in [0.3, 0.4) is 0 Å². The quantitative estimate of drug-likeness (QED) is 0.160. The van der Waals surface area contributed by atoms with Crippen molar-refractivity contribution in [1.29, 1.82) is 0 Å². The van der Waals surface area contributed by atoms with Gasteiger partial charge in [-0.1, -0.05) is 6.92 Å². The largest absolute Gasteiger partial charge is 0.336 e. The highest BCUT2D eigenvalue weighted by Crippen LogP contribution is 2.16. The van der Waals surface area contributed by atoms with Crippen molar-refractivity contribution in [2.75, 3.05) is 6.54 Å². The van der Waals surface area contributed by atoms with Crippen LogP contribution in [0.15, 0.2) is 0 Å². The first-order chi connectivity index (χ1) is 9.36. The minimum absolute atomic E-state index is 0.150. The van der Waals surface area contributed by atoms with Crippen molar-refractivity contribution in [3.05, 3.63) is 0 Å². The minimum atomic E-state index is -0.719. The van der Waals surface area contributed by atoms with Gasteiger partial charge < -0.3 is 16.0 Å². The average Bonchev–Trinajstić information content (AvgIpc) is 2.83. The number of alkyl halides is 1. The van der Waals surface area contributed by atoms with E-state index in [1.807, 2.05) is 22.6 Å². The van der Waals surface area contributed by atoms with Crippen molar-refractivity contribution in [2.24, 2.45) is 11.7 Å². The number of hydrogen-bond acceptors (Lipinski definition) is 5. The molecule has 3 atom stereocenters. The molecule has 1 aliphatic rings. The lowest BCUT2D eigenvalue weighted by Gasteiger charge is -2.25. The van der Waals surface area contributed by atoms with Crippen LogP contribution in [0.25, 0.3) is 0 Å². The van der Waals surface area contributed by atoms with Gasteiger partial charge in [-0.2, -0.15) is 0 Å². The van der Waals surface area contributed by atoms with Gasteiger partial charge in [-0.25, -0.2) is 5.48 Å². The molecule has 1 rings (SSSR count). The first-order valence-electron chi connectivity index (χ1n) is 6.30. The van der Waals surface area contributed by atoms with Gasteiger partial charge in [-0.05, 0) is 35.4 Å². The Balaban J connectivity index is 2.48. The summed E-state index contributed by atoms with van der Waals surface area (Å²) in [5.74, 6) is -1.94. The summed E-state index contributed by atoms with van der Waals surface area (Å²) in [7, 11) is 0. The van der Waals surface area contributed by atoms with Gasteiger partial charge in [-0.3, -0.25) is 19.6 Å². The molecule has 0 aromatic carbocycles. The smallest absolute Gasteiger partial charge is 0.256 e. The van der Waals surface area contributed by atoms with Gasteiger partial charge in [0.2, 0.25) is 11.8 Å². The van der Waals surface area contributed by atoms with Crippen LogP contribution >= 0.6 is 22.6 Å². The van der Waals surface area contributed by atoms with E-state index < -0.39 is 21.8 Å². The van der Waals surface area contributed by atoms with Gasteiger partial charge in [0, 0.05) is 18.9 Å². The van der Waals surface area contributed by atoms with Gasteiger partial charge in [0.25, 0.3) is 5.91 Å². The molecule has 0 radical (unpaired) electrons. The SMILES string of the molecule is C[C@H](CC(=O)NO)C(=O)N[C@@H](I)C(=O)N1CCC[C@H]1N. The zero-order valence-corrected chi connectivity index (χ0v) is 13.3. The van der Waals surface area contributed by atoms with Crippen molar-refractivity contribution < 1.29 is 19.6 Å². The Morgan fingerprint density at radius 3 is 2.65 bits per heavy atom. The molecule has 1 heterocycles. The molecule has 0 bridgehead atoms. The zero-order valence-electron chi connectivity index (χ0n) is 11.1. The first kappa shape index (κ1) is 17.1. The number of nitrogens with zero attached hydrogens (tertiary/aromatic N) is 1. The summed E-state index contributed by atoms with van der Waals surface area (Å²) < 4.78 is -0.719. The number of carbonyl (C=O) groups is 3. The van der Waals surface area contributed by atoms with E-state index >= 15 is 0 Å². The number of amides is 3. The van der Waals surface area contributed by atoms with E-state index in [9.17, 15) is 14.4 Å². The molecule has 0 saturated carbocycles. The molecule has 0 aromatic rings. The van der Waals surface area contributed by atoms with Crippen molar-refractivity contribution in [1.82, 2.24) is 15.7 Å². The molecular weight excluding hydrogens is 379 g/mol. The van der Waals surface area contributed by atoms with E-state index in [1.54, 1.807) is 11.8 Å². The van der Waals surface area contributed by atoms with Crippen LogP contribution in [0.2, 0.25) is 0 Å². The number of nitrogens with two attached hydrogens (primary N) is 1. The molecule has 9 heteroatoms. The van der Waals surface area contributed by atoms with E-state index in [4.69, 9.17) is 10.9 Å². The molecule has 1 aliphatic heterocycles. The summed E-state index contributed by atoms with van der Waals surface area (Å²) in [5.41, 5.74) is 7.27. The van der Waals surface area contributed by atoms with Crippen molar-refractivity contribution in [3.8, 4) is 0 Å². The second-order valence-corrected chi connectivity index (χ2v) is 6.00. The Morgan fingerprint density at radius 2 is 2.15 bits per heavy atom. The molecule has 0 aromatic heterocycles. The second-order valence-electron chi connectivity index (χ2n) is 4.75. The van der Waals surface area contributed by atoms with Gasteiger partial charge in [-0.15, -0.1) is 0 Å². The standard InChI is InChI=1S/C11H19IN4O4/c1-6(5-8(17)15-20)10(18)14-9(12)11(19)16-4-2-3-7(16)13/h6-7,9,20H,2-5,13H2,1H3,(H,14,18)(H,15,17)/t6-,7+,9-/m1/s1. The summed E-state index contributed by atoms with van der Waals surface area (Å²) in [4.78, 5) is 36.4. The van der Waals surface area contributed by atoms with E-state index in [1.165, 1.54) is 5.48 Å². The van der Waals surface area contributed by atoms with Crippen molar-refractivity contribution in [2.45, 2.75) is 36.4 Å². The lowest BCUT2D eigenvalue weighted by molar-refractivity contribution is -0.136. The monoisotopic (exact) mass is 398 g/mol. The Hall–Kier alpha value is -0.940. The molecular formula is C11H19IN4O4. The zero-order chi connectivity index (χ0) is 15.3. The fourth-order valence-corrected chi connectivity index (χ4v) is 2.62. The average molecular weight is 398 g/mol. The molecule has 0 unspecified atom stereocenters. The summed E-state index contributed by atoms with van der Waals surface area (Å²) in [6.07, 6.45) is 1.17. The fraction of sp³-hybridized carbons (Fsp3) is 0.727. The highest BCUT2D eigenvalue weighted by Gasteiger charge is 2.31. The highest BCUT2D eigenvalue weighted by molar-refractivity contribution is 14.1. The Labute approximate surface area is 130 Å². The number of halogens is 1. The summed E-state index contributed by atoms with van der Waals surface area (Å²) >= 11 is 1.83. The molecule has 20 heavy (non-hydrogen) atoms. The Kier molecular flexibility index (Phi) is 6.62. The van der Waals surface area contributed by atoms with Crippen LogP contribution in [0.4, 0.5) is 0 Å². The van der Waals surface area contributed by atoms with Crippen LogP contribution in [-0.4, -0.2) is 44.6 Å². The third-order valence-electron chi connectivity index (χ3n) is 3.13. The molecule has 3 amide bonds. The van der Waals surface area contributed by atoms with E-state index in [0.717, 1.165) is 12.8 Å². The molecule has 5 N–H and O–H groups in total. The number of rotatable bonds is 5. The number of nitrogens with one attached hydrogen (secondary N) is 2. The summed E-state index contributed by atoms with van der Waals surface area (Å²) in [5, 5.41) is 10.9. The predicted octanol–water partition coefficient (Wildman–Crippen LogP) is -0.697. The number of hydrogen-bond donors (Lipinski definition) is 4. The fourth-order valence-electron chi connectivity index (χ4n) is 1.96. The van der Waals surface area contributed by atoms with E-state index in [2.05, 4.69) is 5.32 Å². The maximum atomic E-state index is 12.1. The van der Waals surface area contributed by atoms with Crippen LogP contribution < -0.4 is 16.5 Å². The molecule has 0 aliphatic carbocycles. The number of likely N-dealkylation sites (tertiary alicyclic amines) is 1. The van der Waals surface area contributed by atoms with Crippen LogP contribution in [0.1, 0.15) is 26.2 Å². The number of carbonyl (C=O) groups excluding carboxylic acids is 3. The maximum absolute atomic E-state index is 12.1. The lowest BCUT2D eigenvalue weighted by atomic mass is 10.1. The van der Waals surface area contributed by atoms with Crippen molar-refractivity contribution >= 4 is 40.3 Å². The van der Waals surface area contributed by atoms with Gasteiger partial charge >= 0.3 is 0 Å². The maximum Gasteiger partial charge on any atom is 0.256 e. The molecule has 1 fully saturated rings. The summed E-state index contributed by atoms with van der Waals surface area (Å²) in [6.45, 7) is 2.14. The molecule has 0 spiro atoms. The first-order valence-corrected chi connectivity index (χ1v) is 7.54. The van der Waals surface area contributed by atoms with Gasteiger partial charge in [0.1, 0.15) is 0 Å². The molecule has 1 saturated heterocycles. The third kappa shape index (κ3) is 4.56. The van der Waals surface area contributed by atoms with E-state index in [-0.39, 0.29) is 18.5 Å². The normalized spacial score (nSPS) is 21.2. The predicted molar refractivity (Wildman–Crippen MR) is 78.6 cm³/mol. The molecule has 114 valence electrons. The topological polar surface area (TPSA) is 125 Å². The van der Waals surface area contributed by atoms with Crippen LogP contribution in [0, 0.1) is 5.92 Å². The Morgan fingerprint density at radius 1 is 1.50 bits per heavy atom. The lowest BCUT2D eigenvalue weighted by Crippen LogP contribution is -2.50. The number of hydroxylamine groups is 1. The second kappa shape index (κ2) is 7.74. The Bertz CT molecular complexity index is 393.